The van der Waals surface area contributed by atoms with Gasteiger partial charge in [-0.05, 0) is 31.6 Å². The zero-order valence-corrected chi connectivity index (χ0v) is 15.2. The molecule has 0 radical (unpaired) electrons. The second kappa shape index (κ2) is 8.01. The molecule has 1 saturated heterocycles. The lowest BCUT2D eigenvalue weighted by Crippen LogP contribution is -2.40. The van der Waals surface area contributed by atoms with Crippen molar-refractivity contribution in [1.82, 2.24) is 25.2 Å². The van der Waals surface area contributed by atoms with Gasteiger partial charge in [-0.2, -0.15) is 10.1 Å². The Bertz CT molecular complexity index is 703. The van der Waals surface area contributed by atoms with E-state index in [1.165, 1.54) is 38.5 Å². The predicted octanol–water partition coefficient (Wildman–Crippen LogP) is 3.33. The maximum atomic E-state index is 12.5. The lowest BCUT2D eigenvalue weighted by molar-refractivity contribution is 0.0668. The molecule has 140 valence electrons. The smallest absolute Gasteiger partial charge is 0.257 e. The monoisotopic (exact) mass is 357 g/mol. The third-order valence-electron chi connectivity index (χ3n) is 5.72. The highest BCUT2D eigenvalue weighted by molar-refractivity contribution is 5.93. The van der Waals surface area contributed by atoms with E-state index in [9.17, 15) is 4.79 Å². The molecule has 0 aromatic carbocycles. The Balaban J connectivity index is 1.36. The Hall–Kier alpha value is -2.18. The van der Waals surface area contributed by atoms with Crippen LogP contribution in [0.4, 0.5) is 0 Å². The normalized spacial score (nSPS) is 22.3. The summed E-state index contributed by atoms with van der Waals surface area (Å²) in [5.74, 6) is 2.51. The highest BCUT2D eigenvalue weighted by atomic mass is 16.5. The average molecular weight is 357 g/mol. The van der Waals surface area contributed by atoms with Gasteiger partial charge in [0.2, 0.25) is 5.89 Å². The molecule has 3 heterocycles. The summed E-state index contributed by atoms with van der Waals surface area (Å²) in [6, 6.07) is 0. The van der Waals surface area contributed by atoms with E-state index in [0.717, 1.165) is 44.1 Å². The van der Waals surface area contributed by atoms with Crippen LogP contribution in [0.25, 0.3) is 0 Å². The molecule has 2 fully saturated rings. The van der Waals surface area contributed by atoms with Gasteiger partial charge < -0.3 is 9.42 Å². The first-order chi connectivity index (χ1) is 12.8. The van der Waals surface area contributed by atoms with Gasteiger partial charge in [-0.3, -0.25) is 9.89 Å². The van der Waals surface area contributed by atoms with Crippen molar-refractivity contribution >= 4 is 5.91 Å². The number of hydrogen-bond acceptors (Lipinski definition) is 5. The van der Waals surface area contributed by atoms with Gasteiger partial charge in [0, 0.05) is 31.6 Å². The molecular weight excluding hydrogens is 330 g/mol. The van der Waals surface area contributed by atoms with Crippen molar-refractivity contribution in [2.75, 3.05) is 13.1 Å². The Morgan fingerprint density at radius 3 is 2.81 bits per heavy atom. The Morgan fingerprint density at radius 2 is 2.04 bits per heavy atom. The van der Waals surface area contributed by atoms with Gasteiger partial charge in [-0.15, -0.1) is 0 Å². The highest BCUT2D eigenvalue weighted by Crippen LogP contribution is 2.30. The van der Waals surface area contributed by atoms with Crippen LogP contribution in [0.3, 0.4) is 0 Å². The minimum atomic E-state index is 0.0492. The van der Waals surface area contributed by atoms with Crippen molar-refractivity contribution in [2.45, 2.75) is 63.7 Å². The van der Waals surface area contributed by atoms with Gasteiger partial charge in [-0.1, -0.05) is 30.8 Å². The van der Waals surface area contributed by atoms with Gasteiger partial charge in [-0.25, -0.2) is 0 Å². The first-order valence-electron chi connectivity index (χ1n) is 9.90. The van der Waals surface area contributed by atoms with Crippen molar-refractivity contribution in [3.05, 3.63) is 29.7 Å². The summed E-state index contributed by atoms with van der Waals surface area (Å²) in [4.78, 5) is 19.1. The standard InChI is InChI=1S/C19H27N5O2/c25-19(16-11-20-21-12-16)24-9-5-6-14(13-24)10-17-22-18(23-26-17)15-7-3-1-2-4-8-15/h11-12,14-15H,1-10,13H2,(H,20,21). The predicted molar refractivity (Wildman–Crippen MR) is 95.7 cm³/mol. The number of nitrogens with one attached hydrogen (secondary N) is 1. The topological polar surface area (TPSA) is 87.9 Å². The fraction of sp³-hybridized carbons (Fsp3) is 0.684. The van der Waals surface area contributed by atoms with Crippen LogP contribution >= 0.6 is 0 Å². The van der Waals surface area contributed by atoms with Crippen LogP contribution < -0.4 is 0 Å². The summed E-state index contributed by atoms with van der Waals surface area (Å²) in [6.45, 7) is 1.54. The molecule has 2 aromatic rings. The van der Waals surface area contributed by atoms with Gasteiger partial charge >= 0.3 is 0 Å². The fourth-order valence-electron chi connectivity index (χ4n) is 4.27. The summed E-state index contributed by atoms with van der Waals surface area (Å²) in [5.41, 5.74) is 0.624. The molecule has 1 aliphatic heterocycles. The van der Waals surface area contributed by atoms with Gasteiger partial charge in [0.1, 0.15) is 0 Å². The van der Waals surface area contributed by atoms with Crippen LogP contribution in [0.5, 0.6) is 0 Å². The first kappa shape index (κ1) is 17.2. The molecule has 1 saturated carbocycles. The number of carbonyl (C=O) groups is 1. The number of aromatic amines is 1. The van der Waals surface area contributed by atoms with Crippen LogP contribution in [0.15, 0.2) is 16.9 Å². The minimum absolute atomic E-state index is 0.0492. The molecule has 2 aromatic heterocycles. The van der Waals surface area contributed by atoms with Crippen LogP contribution in [0.2, 0.25) is 0 Å². The van der Waals surface area contributed by atoms with Crippen molar-refractivity contribution in [2.24, 2.45) is 5.92 Å². The molecule has 1 amide bonds. The zero-order chi connectivity index (χ0) is 17.8. The molecule has 7 nitrogen and oxygen atoms in total. The number of aromatic nitrogens is 4. The molecule has 0 bridgehead atoms. The average Bonchev–Trinajstić information content (AvgIpc) is 3.29. The van der Waals surface area contributed by atoms with Crippen molar-refractivity contribution in [3.8, 4) is 0 Å². The molecule has 1 atom stereocenters. The van der Waals surface area contributed by atoms with Crippen LogP contribution in [0.1, 0.15) is 79.4 Å². The summed E-state index contributed by atoms with van der Waals surface area (Å²) in [5, 5.41) is 10.8. The van der Waals surface area contributed by atoms with Crippen LogP contribution in [-0.4, -0.2) is 44.2 Å². The lowest BCUT2D eigenvalue weighted by Gasteiger charge is -2.31. The Labute approximate surface area is 153 Å². The third kappa shape index (κ3) is 3.97. The van der Waals surface area contributed by atoms with Gasteiger partial charge in [0.15, 0.2) is 5.82 Å². The molecule has 7 heteroatoms. The van der Waals surface area contributed by atoms with E-state index in [-0.39, 0.29) is 5.91 Å². The quantitative estimate of drug-likeness (QED) is 0.848. The second-order valence-electron chi connectivity index (χ2n) is 7.69. The van der Waals surface area contributed by atoms with E-state index in [0.29, 0.717) is 17.4 Å². The van der Waals surface area contributed by atoms with Crippen molar-refractivity contribution < 1.29 is 9.32 Å². The number of likely N-dealkylation sites (tertiary alicyclic amines) is 1. The molecule has 2 aliphatic rings. The van der Waals surface area contributed by atoms with Gasteiger partial charge in [0.25, 0.3) is 5.91 Å². The largest absolute Gasteiger partial charge is 0.339 e. The number of nitrogens with zero attached hydrogens (tertiary/aromatic N) is 4. The number of hydrogen-bond donors (Lipinski definition) is 1. The van der Waals surface area contributed by atoms with Crippen LogP contribution in [-0.2, 0) is 6.42 Å². The molecule has 1 aliphatic carbocycles. The molecule has 4 rings (SSSR count). The molecule has 26 heavy (non-hydrogen) atoms. The van der Waals surface area contributed by atoms with Crippen molar-refractivity contribution in [1.29, 1.82) is 0 Å². The van der Waals surface area contributed by atoms with E-state index in [4.69, 9.17) is 9.51 Å². The Kier molecular flexibility index (Phi) is 5.32. The van der Waals surface area contributed by atoms with E-state index >= 15 is 0 Å². The van der Waals surface area contributed by atoms with E-state index in [2.05, 4.69) is 15.4 Å². The van der Waals surface area contributed by atoms with E-state index in [1.807, 2.05) is 4.90 Å². The molecular formula is C19H27N5O2. The van der Waals surface area contributed by atoms with E-state index < -0.39 is 0 Å². The maximum Gasteiger partial charge on any atom is 0.257 e. The summed E-state index contributed by atoms with van der Waals surface area (Å²) in [7, 11) is 0. The lowest BCUT2D eigenvalue weighted by atomic mass is 9.94. The summed E-state index contributed by atoms with van der Waals surface area (Å²) < 4.78 is 5.55. The zero-order valence-electron chi connectivity index (χ0n) is 15.2. The third-order valence-corrected chi connectivity index (χ3v) is 5.72. The Morgan fingerprint density at radius 1 is 1.19 bits per heavy atom. The number of piperidine rings is 1. The number of rotatable bonds is 4. The first-order valence-corrected chi connectivity index (χ1v) is 9.90. The summed E-state index contributed by atoms with van der Waals surface area (Å²) in [6.07, 6.45) is 13.6. The molecule has 1 N–H and O–H groups in total. The fourth-order valence-corrected chi connectivity index (χ4v) is 4.27. The number of H-pyrrole nitrogens is 1. The van der Waals surface area contributed by atoms with Crippen molar-refractivity contribution in [3.63, 3.8) is 0 Å². The number of amides is 1. The summed E-state index contributed by atoms with van der Waals surface area (Å²) >= 11 is 0. The van der Waals surface area contributed by atoms with Gasteiger partial charge in [0.05, 0.1) is 11.8 Å². The highest BCUT2D eigenvalue weighted by Gasteiger charge is 2.27. The SMILES string of the molecule is O=C(c1cn[nH]c1)N1CCCC(Cc2nc(C3CCCCCC3)no2)C1. The van der Waals surface area contributed by atoms with Crippen LogP contribution in [0, 0.1) is 5.92 Å². The maximum absolute atomic E-state index is 12.5. The number of carbonyl (C=O) groups excluding carboxylic acids is 1. The molecule has 1 unspecified atom stereocenters. The second-order valence-corrected chi connectivity index (χ2v) is 7.69. The van der Waals surface area contributed by atoms with E-state index in [1.54, 1.807) is 12.4 Å². The molecule has 0 spiro atoms. The minimum Gasteiger partial charge on any atom is -0.339 e.